The molecule has 1 saturated heterocycles. The zero-order valence-electron chi connectivity index (χ0n) is 7.43. The van der Waals surface area contributed by atoms with Crippen molar-refractivity contribution in [1.29, 1.82) is 0 Å². The summed E-state index contributed by atoms with van der Waals surface area (Å²) in [5, 5.41) is 15.3. The zero-order chi connectivity index (χ0) is 10.1. The van der Waals surface area contributed by atoms with E-state index in [1.54, 1.807) is 11.1 Å². The predicted octanol–water partition coefficient (Wildman–Crippen LogP) is -1.30. The van der Waals surface area contributed by atoms with Crippen molar-refractivity contribution in [2.75, 3.05) is 13.1 Å². The van der Waals surface area contributed by atoms with Gasteiger partial charge >= 0.3 is 0 Å². The van der Waals surface area contributed by atoms with Crippen LogP contribution in [0.4, 0.5) is 0 Å². The standard InChI is InChI=1S/C7H11N5O2/c8-3-4-9-6-2-1-5(12(13)14)7-10-11(6)7/h1-2,7,9-10H,3-4,8H2. The lowest BCUT2D eigenvalue weighted by Crippen LogP contribution is -2.28. The highest BCUT2D eigenvalue weighted by Gasteiger charge is 2.47. The molecule has 0 bridgehead atoms. The van der Waals surface area contributed by atoms with E-state index in [2.05, 4.69) is 10.7 Å². The van der Waals surface area contributed by atoms with Crippen LogP contribution >= 0.6 is 0 Å². The fraction of sp³-hybridized carbons (Fsp3) is 0.429. The Bertz CT molecular complexity index is 324. The van der Waals surface area contributed by atoms with Crippen molar-refractivity contribution in [2.24, 2.45) is 5.73 Å². The third-order valence-corrected chi connectivity index (χ3v) is 2.06. The smallest absolute Gasteiger partial charge is 0.286 e. The zero-order valence-corrected chi connectivity index (χ0v) is 7.43. The normalized spacial score (nSPS) is 23.5. The molecule has 7 nitrogen and oxygen atoms in total. The van der Waals surface area contributed by atoms with Gasteiger partial charge in [-0.05, 0) is 6.08 Å². The van der Waals surface area contributed by atoms with Gasteiger partial charge in [-0.1, -0.05) is 0 Å². The van der Waals surface area contributed by atoms with Crippen molar-refractivity contribution in [3.05, 3.63) is 33.8 Å². The van der Waals surface area contributed by atoms with Crippen molar-refractivity contribution >= 4 is 0 Å². The molecule has 0 aromatic carbocycles. The average molecular weight is 197 g/mol. The van der Waals surface area contributed by atoms with Gasteiger partial charge in [0.1, 0.15) is 5.82 Å². The molecule has 0 aliphatic carbocycles. The second kappa shape index (κ2) is 3.28. The molecule has 1 fully saturated rings. The number of nitrogens with one attached hydrogen (secondary N) is 2. The minimum absolute atomic E-state index is 0.170. The van der Waals surface area contributed by atoms with Gasteiger partial charge in [-0.15, -0.1) is 0 Å². The number of fused-ring (bicyclic) bond motifs is 1. The van der Waals surface area contributed by atoms with Gasteiger partial charge < -0.3 is 11.1 Å². The number of allylic oxidation sites excluding steroid dienone is 2. The van der Waals surface area contributed by atoms with E-state index in [9.17, 15) is 10.1 Å². The summed E-state index contributed by atoms with van der Waals surface area (Å²) in [5.41, 5.74) is 8.37. The largest absolute Gasteiger partial charge is 0.369 e. The van der Waals surface area contributed by atoms with Crippen molar-refractivity contribution in [1.82, 2.24) is 15.8 Å². The fourth-order valence-electron chi connectivity index (χ4n) is 1.35. The van der Waals surface area contributed by atoms with Gasteiger partial charge in [-0.3, -0.25) is 15.1 Å². The van der Waals surface area contributed by atoms with Gasteiger partial charge in [0.15, 0.2) is 0 Å². The van der Waals surface area contributed by atoms with E-state index in [0.717, 1.165) is 5.82 Å². The van der Waals surface area contributed by atoms with Crippen LogP contribution < -0.4 is 16.5 Å². The molecule has 4 N–H and O–H groups in total. The Kier molecular flexibility index (Phi) is 2.10. The highest BCUT2D eigenvalue weighted by atomic mass is 16.6. The van der Waals surface area contributed by atoms with Crippen molar-refractivity contribution < 1.29 is 4.92 Å². The maximum atomic E-state index is 10.5. The van der Waals surface area contributed by atoms with E-state index in [1.807, 2.05) is 0 Å². The Labute approximate surface area is 80.4 Å². The first-order chi connectivity index (χ1) is 6.74. The highest BCUT2D eigenvalue weighted by Crippen LogP contribution is 2.26. The summed E-state index contributed by atoms with van der Waals surface area (Å²) in [6.07, 6.45) is 2.89. The first kappa shape index (κ1) is 8.97. The monoisotopic (exact) mass is 197 g/mol. The van der Waals surface area contributed by atoms with E-state index in [4.69, 9.17) is 5.73 Å². The predicted molar refractivity (Wildman–Crippen MR) is 49.0 cm³/mol. The van der Waals surface area contributed by atoms with Gasteiger partial charge in [0.2, 0.25) is 6.17 Å². The molecule has 0 saturated carbocycles. The van der Waals surface area contributed by atoms with Gasteiger partial charge in [0.25, 0.3) is 5.70 Å². The lowest BCUT2D eigenvalue weighted by molar-refractivity contribution is -0.428. The molecular formula is C7H11N5O2. The molecule has 76 valence electrons. The van der Waals surface area contributed by atoms with Crippen LogP contribution in [-0.2, 0) is 0 Å². The van der Waals surface area contributed by atoms with Gasteiger partial charge in [0, 0.05) is 19.2 Å². The minimum Gasteiger partial charge on any atom is -0.369 e. The Morgan fingerprint density at radius 1 is 1.71 bits per heavy atom. The van der Waals surface area contributed by atoms with Crippen LogP contribution in [0.3, 0.4) is 0 Å². The molecule has 0 amide bonds. The highest BCUT2D eigenvalue weighted by molar-refractivity contribution is 5.27. The molecule has 0 aromatic heterocycles. The SMILES string of the molecule is NCCNC1=CC=C([N+](=O)[O-])C2NN12. The van der Waals surface area contributed by atoms with E-state index in [0.29, 0.717) is 13.1 Å². The second-order valence-corrected chi connectivity index (χ2v) is 3.02. The first-order valence-corrected chi connectivity index (χ1v) is 4.29. The topological polar surface area (TPSA) is 106 Å². The number of hydrazine groups is 1. The second-order valence-electron chi connectivity index (χ2n) is 3.02. The summed E-state index contributed by atoms with van der Waals surface area (Å²) in [7, 11) is 0. The van der Waals surface area contributed by atoms with Crippen LogP contribution in [0.25, 0.3) is 0 Å². The van der Waals surface area contributed by atoms with Crippen LogP contribution in [0, 0.1) is 10.1 Å². The molecular weight excluding hydrogens is 186 g/mol. The number of nitrogens with zero attached hydrogens (tertiary/aromatic N) is 2. The molecule has 0 radical (unpaired) electrons. The minimum atomic E-state index is -0.381. The number of hydrogen-bond donors (Lipinski definition) is 3. The molecule has 1 unspecified atom stereocenters. The van der Waals surface area contributed by atoms with Crippen LogP contribution in [0.15, 0.2) is 23.7 Å². The summed E-state index contributed by atoms with van der Waals surface area (Å²) in [6.45, 7) is 1.18. The fourth-order valence-corrected chi connectivity index (χ4v) is 1.35. The molecule has 7 heteroatoms. The number of nitro groups is 1. The summed E-state index contributed by atoms with van der Waals surface area (Å²) in [5.74, 6) is 0.825. The van der Waals surface area contributed by atoms with E-state index in [-0.39, 0.29) is 16.8 Å². The molecule has 1 atom stereocenters. The summed E-state index contributed by atoms with van der Waals surface area (Å²) >= 11 is 0. The van der Waals surface area contributed by atoms with Crippen molar-refractivity contribution in [3.8, 4) is 0 Å². The lowest BCUT2D eigenvalue weighted by atomic mass is 10.3. The van der Waals surface area contributed by atoms with Crippen LogP contribution in [0.5, 0.6) is 0 Å². The number of hydrogen-bond acceptors (Lipinski definition) is 6. The van der Waals surface area contributed by atoms with E-state index >= 15 is 0 Å². The molecule has 2 aliphatic heterocycles. The van der Waals surface area contributed by atoms with Gasteiger partial charge in [-0.25, -0.2) is 0 Å². The molecule has 2 aliphatic rings. The van der Waals surface area contributed by atoms with Crippen LogP contribution in [0.2, 0.25) is 0 Å². The van der Waals surface area contributed by atoms with Gasteiger partial charge in [-0.2, -0.15) is 5.43 Å². The van der Waals surface area contributed by atoms with E-state index < -0.39 is 0 Å². The summed E-state index contributed by atoms with van der Waals surface area (Å²) in [6, 6.07) is 0. The maximum absolute atomic E-state index is 10.5. The summed E-state index contributed by atoms with van der Waals surface area (Å²) in [4.78, 5) is 10.1. The van der Waals surface area contributed by atoms with Gasteiger partial charge in [0.05, 0.1) is 4.92 Å². The number of nitrogens with two attached hydrogens (primary N) is 1. The quantitative estimate of drug-likeness (QED) is 0.294. The Balaban J connectivity index is 2.06. The Morgan fingerprint density at radius 2 is 2.50 bits per heavy atom. The third-order valence-electron chi connectivity index (χ3n) is 2.06. The maximum Gasteiger partial charge on any atom is 0.286 e. The lowest BCUT2D eigenvalue weighted by Gasteiger charge is -2.11. The summed E-state index contributed by atoms with van der Waals surface area (Å²) < 4.78 is 0. The van der Waals surface area contributed by atoms with Crippen molar-refractivity contribution in [2.45, 2.75) is 6.17 Å². The first-order valence-electron chi connectivity index (χ1n) is 4.29. The van der Waals surface area contributed by atoms with Crippen molar-refractivity contribution in [3.63, 3.8) is 0 Å². The molecule has 0 spiro atoms. The number of rotatable bonds is 4. The average Bonchev–Trinajstić information content (AvgIpc) is 2.92. The molecule has 2 heterocycles. The molecule has 2 rings (SSSR count). The Morgan fingerprint density at radius 3 is 3.14 bits per heavy atom. The molecule has 14 heavy (non-hydrogen) atoms. The van der Waals surface area contributed by atoms with Crippen LogP contribution in [-0.4, -0.2) is 29.2 Å². The molecule has 0 aromatic rings. The van der Waals surface area contributed by atoms with E-state index in [1.165, 1.54) is 6.08 Å². The Hall–Kier alpha value is -1.60. The van der Waals surface area contributed by atoms with Crippen LogP contribution in [0.1, 0.15) is 0 Å². The third kappa shape index (κ3) is 1.42.